The van der Waals surface area contributed by atoms with Crippen LogP contribution in [0.5, 0.6) is 5.75 Å². The van der Waals surface area contributed by atoms with E-state index in [0.29, 0.717) is 27.6 Å². The van der Waals surface area contributed by atoms with Crippen molar-refractivity contribution in [3.05, 3.63) is 94.5 Å². The minimum Gasteiger partial charge on any atom is -0.489 e. The van der Waals surface area contributed by atoms with Crippen molar-refractivity contribution in [1.82, 2.24) is 5.32 Å². The summed E-state index contributed by atoms with van der Waals surface area (Å²) in [6.45, 7) is 5.59. The Morgan fingerprint density at radius 2 is 1.56 bits per heavy atom. The van der Waals surface area contributed by atoms with E-state index < -0.39 is 17.9 Å². The van der Waals surface area contributed by atoms with Crippen LogP contribution in [0.2, 0.25) is 5.02 Å². The first-order chi connectivity index (χ1) is 17.1. The lowest BCUT2D eigenvalue weighted by molar-refractivity contribution is -0.137. The first kappa shape index (κ1) is 26.8. The SMILES string of the molecule is CC(C)Oc1ccc(C(=O)N[C@@H](CC(=O)O)C(C)c2ccc(NC(=O)c3ccccc3)cc2)cc1Cl. The van der Waals surface area contributed by atoms with E-state index in [-0.39, 0.29) is 24.3 Å². The van der Waals surface area contributed by atoms with E-state index in [4.69, 9.17) is 16.3 Å². The number of amides is 2. The van der Waals surface area contributed by atoms with E-state index in [1.54, 1.807) is 60.7 Å². The maximum absolute atomic E-state index is 12.9. The number of anilines is 1. The van der Waals surface area contributed by atoms with Gasteiger partial charge in [0.05, 0.1) is 17.5 Å². The minimum atomic E-state index is -1.03. The number of hydrogen-bond donors (Lipinski definition) is 3. The highest BCUT2D eigenvalue weighted by molar-refractivity contribution is 6.32. The van der Waals surface area contributed by atoms with Gasteiger partial charge in [0, 0.05) is 28.8 Å². The standard InChI is InChI=1S/C28H29ClN2O5/c1-17(2)36-25-14-11-21(15-23(25)29)28(35)31-24(16-26(32)33)18(3)19-9-12-22(13-10-19)30-27(34)20-7-5-4-6-8-20/h4-15,17-18,24H,16H2,1-3H3,(H,30,34)(H,31,35)(H,32,33)/t18?,24-/m0/s1. The fourth-order valence-electron chi connectivity index (χ4n) is 3.68. The lowest BCUT2D eigenvalue weighted by Crippen LogP contribution is -2.40. The molecule has 36 heavy (non-hydrogen) atoms. The Labute approximate surface area is 215 Å². The van der Waals surface area contributed by atoms with Crippen molar-refractivity contribution in [1.29, 1.82) is 0 Å². The molecule has 0 aliphatic heterocycles. The summed E-state index contributed by atoms with van der Waals surface area (Å²) < 4.78 is 5.60. The van der Waals surface area contributed by atoms with E-state index in [2.05, 4.69) is 10.6 Å². The van der Waals surface area contributed by atoms with Gasteiger partial charge in [-0.25, -0.2) is 0 Å². The first-order valence-corrected chi connectivity index (χ1v) is 12.0. The van der Waals surface area contributed by atoms with Gasteiger partial charge in [-0.1, -0.05) is 48.9 Å². The van der Waals surface area contributed by atoms with Crippen molar-refractivity contribution in [3.63, 3.8) is 0 Å². The predicted molar refractivity (Wildman–Crippen MR) is 140 cm³/mol. The Morgan fingerprint density at radius 1 is 0.889 bits per heavy atom. The molecule has 3 rings (SSSR count). The van der Waals surface area contributed by atoms with Crippen LogP contribution in [0.1, 0.15) is 59.4 Å². The number of aliphatic carboxylic acids is 1. The molecule has 2 amide bonds. The van der Waals surface area contributed by atoms with Gasteiger partial charge in [0.25, 0.3) is 11.8 Å². The molecule has 0 aliphatic rings. The van der Waals surface area contributed by atoms with Crippen molar-refractivity contribution in [2.75, 3.05) is 5.32 Å². The number of carbonyl (C=O) groups excluding carboxylic acids is 2. The largest absolute Gasteiger partial charge is 0.489 e. The Bertz CT molecular complexity index is 1210. The fraction of sp³-hybridized carbons (Fsp3) is 0.250. The average Bonchev–Trinajstić information content (AvgIpc) is 2.85. The molecular weight excluding hydrogens is 480 g/mol. The normalized spacial score (nSPS) is 12.5. The molecule has 0 fully saturated rings. The second-order valence-electron chi connectivity index (χ2n) is 8.72. The Morgan fingerprint density at radius 3 is 2.14 bits per heavy atom. The molecule has 0 saturated carbocycles. The quantitative estimate of drug-likeness (QED) is 0.323. The number of nitrogens with one attached hydrogen (secondary N) is 2. The van der Waals surface area contributed by atoms with Crippen LogP contribution in [0, 0.1) is 0 Å². The molecule has 3 N–H and O–H groups in total. The van der Waals surface area contributed by atoms with Gasteiger partial charge in [-0.2, -0.15) is 0 Å². The molecule has 1 unspecified atom stereocenters. The van der Waals surface area contributed by atoms with Gasteiger partial charge in [-0.15, -0.1) is 0 Å². The van der Waals surface area contributed by atoms with Crippen molar-refractivity contribution >= 4 is 35.1 Å². The molecule has 8 heteroatoms. The summed E-state index contributed by atoms with van der Waals surface area (Å²) >= 11 is 6.26. The smallest absolute Gasteiger partial charge is 0.305 e. The molecule has 188 valence electrons. The second kappa shape index (κ2) is 12.2. The van der Waals surface area contributed by atoms with Crippen LogP contribution >= 0.6 is 11.6 Å². The van der Waals surface area contributed by atoms with E-state index in [1.807, 2.05) is 26.8 Å². The number of ether oxygens (including phenoxy) is 1. The van der Waals surface area contributed by atoms with Gasteiger partial charge in [0.2, 0.25) is 0 Å². The highest BCUT2D eigenvalue weighted by Crippen LogP contribution is 2.28. The van der Waals surface area contributed by atoms with Gasteiger partial charge in [-0.05, 0) is 61.9 Å². The van der Waals surface area contributed by atoms with Crippen molar-refractivity contribution in [3.8, 4) is 5.75 Å². The van der Waals surface area contributed by atoms with Crippen LogP contribution < -0.4 is 15.4 Å². The lowest BCUT2D eigenvalue weighted by Gasteiger charge is -2.25. The van der Waals surface area contributed by atoms with Crippen LogP contribution in [-0.2, 0) is 4.79 Å². The van der Waals surface area contributed by atoms with Gasteiger partial charge in [0.1, 0.15) is 5.75 Å². The lowest BCUT2D eigenvalue weighted by atomic mass is 9.90. The van der Waals surface area contributed by atoms with Gasteiger partial charge >= 0.3 is 5.97 Å². The molecular formula is C28H29ClN2O5. The zero-order chi connectivity index (χ0) is 26.2. The first-order valence-electron chi connectivity index (χ1n) is 11.6. The average molecular weight is 509 g/mol. The van der Waals surface area contributed by atoms with Crippen LogP contribution in [0.3, 0.4) is 0 Å². The third-order valence-electron chi connectivity index (χ3n) is 5.60. The van der Waals surface area contributed by atoms with Gasteiger partial charge in [-0.3, -0.25) is 14.4 Å². The molecule has 0 radical (unpaired) electrons. The summed E-state index contributed by atoms with van der Waals surface area (Å²) in [5, 5.41) is 15.4. The summed E-state index contributed by atoms with van der Waals surface area (Å²) in [6, 6.07) is 20.0. The molecule has 0 spiro atoms. The summed E-state index contributed by atoms with van der Waals surface area (Å²) in [4.78, 5) is 36.8. The number of carbonyl (C=O) groups is 3. The van der Waals surface area contributed by atoms with Crippen LogP contribution in [0.4, 0.5) is 5.69 Å². The molecule has 7 nitrogen and oxygen atoms in total. The second-order valence-corrected chi connectivity index (χ2v) is 9.13. The van der Waals surface area contributed by atoms with E-state index in [1.165, 1.54) is 6.07 Å². The number of halogens is 1. The van der Waals surface area contributed by atoms with Gasteiger partial charge < -0.3 is 20.5 Å². The number of rotatable bonds is 10. The molecule has 2 atom stereocenters. The summed E-state index contributed by atoms with van der Waals surface area (Å²) in [5.74, 6) is -1.53. The van der Waals surface area contributed by atoms with Crippen molar-refractivity contribution in [2.45, 2.75) is 45.3 Å². The summed E-state index contributed by atoms with van der Waals surface area (Å²) in [5.41, 5.74) is 2.27. The van der Waals surface area contributed by atoms with E-state index >= 15 is 0 Å². The van der Waals surface area contributed by atoms with E-state index in [9.17, 15) is 19.5 Å². The molecule has 3 aromatic rings. The minimum absolute atomic E-state index is 0.0685. The Kier molecular flexibility index (Phi) is 9.08. The summed E-state index contributed by atoms with van der Waals surface area (Å²) in [6.07, 6.45) is -0.331. The van der Waals surface area contributed by atoms with Gasteiger partial charge in [0.15, 0.2) is 0 Å². The number of carboxylic acids is 1. The topological polar surface area (TPSA) is 105 Å². The van der Waals surface area contributed by atoms with Crippen molar-refractivity contribution < 1.29 is 24.2 Å². The van der Waals surface area contributed by atoms with E-state index in [0.717, 1.165) is 5.56 Å². The third kappa shape index (κ3) is 7.33. The maximum atomic E-state index is 12.9. The fourth-order valence-corrected chi connectivity index (χ4v) is 3.90. The third-order valence-corrected chi connectivity index (χ3v) is 5.90. The molecule has 0 aliphatic carbocycles. The highest BCUT2D eigenvalue weighted by atomic mass is 35.5. The number of hydrogen-bond acceptors (Lipinski definition) is 4. The zero-order valence-electron chi connectivity index (χ0n) is 20.3. The zero-order valence-corrected chi connectivity index (χ0v) is 21.1. The van der Waals surface area contributed by atoms with Crippen LogP contribution in [0.25, 0.3) is 0 Å². The predicted octanol–water partition coefficient (Wildman–Crippen LogP) is 5.76. The maximum Gasteiger partial charge on any atom is 0.305 e. The monoisotopic (exact) mass is 508 g/mol. The Balaban J connectivity index is 1.71. The van der Waals surface area contributed by atoms with Crippen molar-refractivity contribution in [2.24, 2.45) is 0 Å². The van der Waals surface area contributed by atoms with Crippen LogP contribution in [-0.4, -0.2) is 35.0 Å². The molecule has 0 aromatic heterocycles. The number of carboxylic acid groups (broad SMARTS) is 1. The molecule has 0 heterocycles. The molecule has 3 aromatic carbocycles. The number of benzene rings is 3. The Hall–Kier alpha value is -3.84. The summed E-state index contributed by atoms with van der Waals surface area (Å²) in [7, 11) is 0. The van der Waals surface area contributed by atoms with Crippen LogP contribution in [0.15, 0.2) is 72.8 Å². The molecule has 0 saturated heterocycles. The molecule has 0 bridgehead atoms. The highest BCUT2D eigenvalue weighted by Gasteiger charge is 2.25.